The lowest BCUT2D eigenvalue weighted by Crippen LogP contribution is -2.34. The molecule has 1 saturated heterocycles. The molecule has 0 amide bonds. The predicted octanol–water partition coefficient (Wildman–Crippen LogP) is 3.41. The van der Waals surface area contributed by atoms with Gasteiger partial charge in [-0.1, -0.05) is 32.0 Å². The third-order valence-electron chi connectivity index (χ3n) is 3.93. The van der Waals surface area contributed by atoms with Gasteiger partial charge in [-0.3, -0.25) is 0 Å². The first kappa shape index (κ1) is 11.7. The summed E-state index contributed by atoms with van der Waals surface area (Å²) in [5, 5.41) is 3.68. The number of nitrogens with one attached hydrogen (secondary N) is 1. The lowest BCUT2D eigenvalue weighted by atomic mass is 9.85. The predicted molar refractivity (Wildman–Crippen MR) is 69.8 cm³/mol. The van der Waals surface area contributed by atoms with E-state index in [0.717, 1.165) is 19.4 Å². The zero-order valence-electron chi connectivity index (χ0n) is 10.8. The van der Waals surface area contributed by atoms with Crippen LogP contribution in [0.15, 0.2) is 18.2 Å². The Hall–Kier alpha value is -0.820. The van der Waals surface area contributed by atoms with Crippen molar-refractivity contribution in [2.24, 2.45) is 0 Å². The molecule has 1 unspecified atom stereocenters. The van der Waals surface area contributed by atoms with Crippen LogP contribution < -0.4 is 5.32 Å². The third kappa shape index (κ3) is 2.01. The molecule has 0 radical (unpaired) electrons. The fourth-order valence-corrected chi connectivity index (χ4v) is 2.79. The summed E-state index contributed by atoms with van der Waals surface area (Å²) in [5.74, 6) is 0. The lowest BCUT2D eigenvalue weighted by molar-refractivity contribution is 0.431. The molecular weight excluding hydrogens is 194 g/mol. The van der Waals surface area contributed by atoms with Gasteiger partial charge in [0.1, 0.15) is 0 Å². The smallest absolute Gasteiger partial charge is 0.0409 e. The second kappa shape index (κ2) is 4.58. The van der Waals surface area contributed by atoms with Crippen molar-refractivity contribution in [2.45, 2.75) is 52.0 Å². The van der Waals surface area contributed by atoms with Gasteiger partial charge in [-0.25, -0.2) is 0 Å². The Kier molecular flexibility index (Phi) is 3.34. The molecule has 1 heteroatoms. The summed E-state index contributed by atoms with van der Waals surface area (Å²) < 4.78 is 0. The van der Waals surface area contributed by atoms with Gasteiger partial charge in [0.05, 0.1) is 0 Å². The summed E-state index contributed by atoms with van der Waals surface area (Å²) in [6, 6.07) is 7.01. The van der Waals surface area contributed by atoms with E-state index in [1.807, 2.05) is 0 Å². The molecule has 0 saturated carbocycles. The molecule has 88 valence electrons. The Balaban J connectivity index is 2.43. The molecule has 0 spiro atoms. The topological polar surface area (TPSA) is 12.0 Å². The minimum atomic E-state index is 0.219. The van der Waals surface area contributed by atoms with E-state index in [1.54, 1.807) is 0 Å². The van der Waals surface area contributed by atoms with Crippen LogP contribution in [0.4, 0.5) is 0 Å². The van der Waals surface area contributed by atoms with Gasteiger partial charge >= 0.3 is 0 Å². The van der Waals surface area contributed by atoms with E-state index in [1.165, 1.54) is 29.5 Å². The third-order valence-corrected chi connectivity index (χ3v) is 3.93. The average molecular weight is 217 g/mol. The summed E-state index contributed by atoms with van der Waals surface area (Å²) in [7, 11) is 0. The van der Waals surface area contributed by atoms with Gasteiger partial charge in [0, 0.05) is 5.54 Å². The lowest BCUT2D eigenvalue weighted by Gasteiger charge is -2.28. The fraction of sp³-hybridized carbons (Fsp3) is 0.600. The average Bonchev–Trinajstić information content (AvgIpc) is 2.76. The Morgan fingerprint density at radius 2 is 2.06 bits per heavy atom. The molecule has 0 aromatic heterocycles. The van der Waals surface area contributed by atoms with Crippen LogP contribution in [0.1, 0.15) is 50.3 Å². The fourth-order valence-electron chi connectivity index (χ4n) is 2.79. The number of aryl methyl sites for hydroxylation is 2. The largest absolute Gasteiger partial charge is 0.308 e. The van der Waals surface area contributed by atoms with Crippen molar-refractivity contribution in [3.05, 3.63) is 34.9 Å². The first-order valence-corrected chi connectivity index (χ1v) is 6.57. The van der Waals surface area contributed by atoms with E-state index in [0.29, 0.717) is 0 Å². The van der Waals surface area contributed by atoms with Crippen LogP contribution in [-0.4, -0.2) is 6.54 Å². The second-order valence-corrected chi connectivity index (χ2v) is 5.06. The van der Waals surface area contributed by atoms with Gasteiger partial charge in [-0.2, -0.15) is 0 Å². The van der Waals surface area contributed by atoms with Crippen LogP contribution in [0.3, 0.4) is 0 Å². The molecule has 0 bridgehead atoms. The molecule has 0 aliphatic carbocycles. The van der Waals surface area contributed by atoms with Crippen molar-refractivity contribution < 1.29 is 0 Å². The normalized spacial score (nSPS) is 24.9. The quantitative estimate of drug-likeness (QED) is 0.818. The Bertz CT molecular complexity index is 362. The van der Waals surface area contributed by atoms with E-state index in [9.17, 15) is 0 Å². The molecule has 1 nitrogen and oxygen atoms in total. The molecule has 1 N–H and O–H groups in total. The van der Waals surface area contributed by atoms with Crippen molar-refractivity contribution in [2.75, 3.05) is 6.54 Å². The Morgan fingerprint density at radius 1 is 1.25 bits per heavy atom. The molecule has 1 heterocycles. The number of hydrogen-bond acceptors (Lipinski definition) is 1. The van der Waals surface area contributed by atoms with Crippen molar-refractivity contribution in [3.8, 4) is 0 Å². The van der Waals surface area contributed by atoms with Gasteiger partial charge in [0.2, 0.25) is 0 Å². The van der Waals surface area contributed by atoms with E-state index in [4.69, 9.17) is 0 Å². The maximum atomic E-state index is 3.68. The zero-order valence-corrected chi connectivity index (χ0v) is 10.8. The Morgan fingerprint density at radius 3 is 2.62 bits per heavy atom. The summed E-state index contributed by atoms with van der Waals surface area (Å²) in [4.78, 5) is 0. The highest BCUT2D eigenvalue weighted by atomic mass is 15.0. The number of benzene rings is 1. The van der Waals surface area contributed by atoms with Crippen molar-refractivity contribution in [3.63, 3.8) is 0 Å². The second-order valence-electron chi connectivity index (χ2n) is 5.06. The van der Waals surface area contributed by atoms with Crippen LogP contribution in [0.25, 0.3) is 0 Å². The van der Waals surface area contributed by atoms with Gasteiger partial charge in [0.15, 0.2) is 0 Å². The molecule has 1 aliphatic heterocycles. The van der Waals surface area contributed by atoms with Crippen molar-refractivity contribution >= 4 is 0 Å². The molecule has 16 heavy (non-hydrogen) atoms. The summed E-state index contributed by atoms with van der Waals surface area (Å²) >= 11 is 0. The maximum Gasteiger partial charge on any atom is 0.0409 e. The highest BCUT2D eigenvalue weighted by molar-refractivity contribution is 5.37. The van der Waals surface area contributed by atoms with Gasteiger partial charge in [0.25, 0.3) is 0 Å². The van der Waals surface area contributed by atoms with E-state index >= 15 is 0 Å². The van der Waals surface area contributed by atoms with Crippen LogP contribution in [0.2, 0.25) is 0 Å². The standard InChI is InChI=1S/C15H23N/c1-4-12-7-8-13(5-2)14(11-12)15(3)9-6-10-16-15/h7-8,11,16H,4-6,9-10H2,1-3H3. The monoisotopic (exact) mass is 217 g/mol. The SMILES string of the molecule is CCc1ccc(CC)c(C2(C)CCCN2)c1. The highest BCUT2D eigenvalue weighted by Crippen LogP contribution is 2.33. The molecule has 1 atom stereocenters. The van der Waals surface area contributed by atoms with Crippen LogP contribution in [0, 0.1) is 0 Å². The minimum absolute atomic E-state index is 0.219. The first-order chi connectivity index (χ1) is 7.69. The van der Waals surface area contributed by atoms with E-state index < -0.39 is 0 Å². The van der Waals surface area contributed by atoms with Gasteiger partial charge in [-0.15, -0.1) is 0 Å². The van der Waals surface area contributed by atoms with Gasteiger partial charge in [-0.05, 0) is 55.8 Å². The van der Waals surface area contributed by atoms with Crippen LogP contribution >= 0.6 is 0 Å². The molecule has 2 rings (SSSR count). The molecule has 1 aliphatic rings. The number of rotatable bonds is 3. The number of hydrogen-bond donors (Lipinski definition) is 1. The van der Waals surface area contributed by atoms with Crippen LogP contribution in [-0.2, 0) is 18.4 Å². The highest BCUT2D eigenvalue weighted by Gasteiger charge is 2.31. The minimum Gasteiger partial charge on any atom is -0.308 e. The van der Waals surface area contributed by atoms with Gasteiger partial charge < -0.3 is 5.32 Å². The molecule has 1 aromatic rings. The summed E-state index contributed by atoms with van der Waals surface area (Å²) in [6.07, 6.45) is 4.84. The van der Waals surface area contributed by atoms with E-state index in [2.05, 4.69) is 44.3 Å². The summed E-state index contributed by atoms with van der Waals surface area (Å²) in [5.41, 5.74) is 4.72. The van der Waals surface area contributed by atoms with Crippen LogP contribution in [0.5, 0.6) is 0 Å². The van der Waals surface area contributed by atoms with Crippen molar-refractivity contribution in [1.82, 2.24) is 5.32 Å². The molecular formula is C15H23N. The van der Waals surface area contributed by atoms with E-state index in [-0.39, 0.29) is 5.54 Å². The summed E-state index contributed by atoms with van der Waals surface area (Å²) in [6.45, 7) is 8.00. The first-order valence-electron chi connectivity index (χ1n) is 6.57. The molecule has 1 aromatic carbocycles. The molecule has 1 fully saturated rings. The maximum absolute atomic E-state index is 3.68. The van der Waals surface area contributed by atoms with Crippen molar-refractivity contribution in [1.29, 1.82) is 0 Å². The Labute approximate surface area is 99.3 Å². The zero-order chi connectivity index (χ0) is 11.6.